The third kappa shape index (κ3) is 8.03. The smallest absolute Gasteiger partial charge is 0.244 e. The molecule has 0 fully saturated rings. The number of benzene rings is 1. The van der Waals surface area contributed by atoms with Crippen molar-refractivity contribution in [3.05, 3.63) is 65.7 Å². The molecule has 0 aliphatic carbocycles. The Hall–Kier alpha value is -1.25. The lowest BCUT2D eigenvalue weighted by atomic mass is 10.1. The minimum Gasteiger partial charge on any atom is -1.00 e. The van der Waals surface area contributed by atoms with Crippen molar-refractivity contribution in [2.45, 2.75) is 58.5 Å². The van der Waals surface area contributed by atoms with Crippen LogP contribution in [0.4, 0.5) is 0 Å². The van der Waals surface area contributed by atoms with Gasteiger partial charge in [0.15, 0.2) is 0 Å². The number of unbranched alkanes of at least 4 members (excludes halogenated alkanes) is 4. The summed E-state index contributed by atoms with van der Waals surface area (Å²) < 4.78 is 4.52. The van der Waals surface area contributed by atoms with E-state index in [-0.39, 0.29) is 12.4 Å². The zero-order chi connectivity index (χ0) is 16.3. The number of hydrogen-bond donors (Lipinski definition) is 0. The molecule has 0 saturated heterocycles. The van der Waals surface area contributed by atoms with Gasteiger partial charge in [0.2, 0.25) is 6.33 Å². The average Bonchev–Trinajstić information content (AvgIpc) is 3.01. The third-order valence-corrected chi connectivity index (χ3v) is 4.27. The number of hydrogen-bond acceptors (Lipinski definition) is 0. The molecule has 0 bridgehead atoms. The lowest BCUT2D eigenvalue weighted by Gasteiger charge is -1.97. The Bertz CT molecular complexity index is 588. The molecule has 1 aromatic heterocycles. The van der Waals surface area contributed by atoms with Crippen LogP contribution >= 0.6 is 11.6 Å². The molecular weight excluding hydrogens is 339 g/mol. The molecule has 0 unspecified atom stereocenters. The van der Waals surface area contributed by atoms with Crippen LogP contribution in [0.25, 0.3) is 0 Å². The van der Waals surface area contributed by atoms with Crippen LogP contribution in [0.2, 0.25) is 5.02 Å². The summed E-state index contributed by atoms with van der Waals surface area (Å²) in [6.45, 7) is 4.32. The number of allylic oxidation sites excluding steroid dienone is 2. The van der Waals surface area contributed by atoms with E-state index in [0.29, 0.717) is 0 Å². The Morgan fingerprint density at radius 3 is 2.54 bits per heavy atom. The molecule has 0 aliphatic rings. The highest BCUT2D eigenvalue weighted by Gasteiger charge is 2.01. The SMILES string of the molecule is CCCCCCC[n+]1ccn(CC=CCc2ccc(Cl)cc2)c1.[Cl-]. The van der Waals surface area contributed by atoms with Crippen molar-refractivity contribution < 1.29 is 17.0 Å². The van der Waals surface area contributed by atoms with Crippen molar-refractivity contribution in [1.29, 1.82) is 0 Å². The molecule has 0 aliphatic heterocycles. The van der Waals surface area contributed by atoms with E-state index in [2.05, 4.69) is 59.1 Å². The van der Waals surface area contributed by atoms with Gasteiger partial charge in [-0.1, -0.05) is 56.0 Å². The van der Waals surface area contributed by atoms with E-state index in [1.807, 2.05) is 12.1 Å². The molecule has 132 valence electrons. The second kappa shape index (κ2) is 12.2. The van der Waals surface area contributed by atoms with Crippen LogP contribution in [0.15, 0.2) is 55.1 Å². The van der Waals surface area contributed by atoms with E-state index < -0.39 is 0 Å². The van der Waals surface area contributed by atoms with Gasteiger partial charge in [-0.2, -0.15) is 0 Å². The van der Waals surface area contributed by atoms with Crippen LogP contribution in [0.3, 0.4) is 0 Å². The summed E-state index contributed by atoms with van der Waals surface area (Å²) in [7, 11) is 0. The van der Waals surface area contributed by atoms with Crippen LogP contribution in [0.1, 0.15) is 44.6 Å². The first kappa shape index (κ1) is 20.8. The fourth-order valence-electron chi connectivity index (χ4n) is 2.61. The van der Waals surface area contributed by atoms with Gasteiger partial charge in [0.1, 0.15) is 18.9 Å². The Morgan fingerprint density at radius 1 is 1.04 bits per heavy atom. The van der Waals surface area contributed by atoms with Crippen molar-refractivity contribution in [1.82, 2.24) is 4.57 Å². The zero-order valence-corrected chi connectivity index (χ0v) is 16.0. The molecule has 0 radical (unpaired) electrons. The first-order valence-corrected chi connectivity index (χ1v) is 9.10. The fraction of sp³-hybridized carbons (Fsp3) is 0.450. The van der Waals surface area contributed by atoms with Gasteiger partial charge in [0.25, 0.3) is 0 Å². The Balaban J connectivity index is 0.00000288. The molecule has 0 saturated carbocycles. The summed E-state index contributed by atoms with van der Waals surface area (Å²) in [6.07, 6.45) is 18.6. The molecule has 0 N–H and O–H groups in total. The van der Waals surface area contributed by atoms with Crippen molar-refractivity contribution in [3.63, 3.8) is 0 Å². The van der Waals surface area contributed by atoms with E-state index in [1.54, 1.807) is 0 Å². The van der Waals surface area contributed by atoms with E-state index in [1.165, 1.54) is 37.7 Å². The van der Waals surface area contributed by atoms with Crippen molar-refractivity contribution in [3.8, 4) is 0 Å². The first-order chi connectivity index (χ1) is 11.3. The predicted octanol–water partition coefficient (Wildman–Crippen LogP) is 2.20. The van der Waals surface area contributed by atoms with Gasteiger partial charge in [-0.25, -0.2) is 9.13 Å². The third-order valence-electron chi connectivity index (χ3n) is 4.02. The number of aryl methyl sites for hydroxylation is 1. The second-order valence-electron chi connectivity index (χ2n) is 6.06. The quantitative estimate of drug-likeness (QED) is 0.346. The monoisotopic (exact) mass is 366 g/mol. The zero-order valence-electron chi connectivity index (χ0n) is 14.5. The molecule has 1 aromatic carbocycles. The van der Waals surface area contributed by atoms with Gasteiger partial charge in [-0.3, -0.25) is 0 Å². The highest BCUT2D eigenvalue weighted by atomic mass is 35.5. The maximum atomic E-state index is 5.89. The second-order valence-corrected chi connectivity index (χ2v) is 6.50. The van der Waals surface area contributed by atoms with E-state index >= 15 is 0 Å². The number of nitrogens with zero attached hydrogens (tertiary/aromatic N) is 2. The van der Waals surface area contributed by atoms with Gasteiger partial charge in [-0.05, 0) is 43.0 Å². The summed E-state index contributed by atoms with van der Waals surface area (Å²) in [5.74, 6) is 0. The van der Waals surface area contributed by atoms with Crippen LogP contribution in [-0.4, -0.2) is 4.57 Å². The molecule has 2 rings (SSSR count). The van der Waals surface area contributed by atoms with E-state index in [0.717, 1.165) is 24.5 Å². The predicted molar refractivity (Wildman–Crippen MR) is 97.7 cm³/mol. The van der Waals surface area contributed by atoms with Crippen LogP contribution in [0.5, 0.6) is 0 Å². The van der Waals surface area contributed by atoms with E-state index in [9.17, 15) is 0 Å². The van der Waals surface area contributed by atoms with E-state index in [4.69, 9.17) is 11.6 Å². The number of aromatic nitrogens is 2. The topological polar surface area (TPSA) is 8.81 Å². The van der Waals surface area contributed by atoms with Crippen LogP contribution in [0, 0.1) is 0 Å². The highest BCUT2D eigenvalue weighted by molar-refractivity contribution is 6.30. The molecule has 0 atom stereocenters. The van der Waals surface area contributed by atoms with Crippen molar-refractivity contribution in [2.75, 3.05) is 0 Å². The van der Waals surface area contributed by atoms with Gasteiger partial charge in [0.05, 0.1) is 6.54 Å². The molecule has 1 heterocycles. The Morgan fingerprint density at radius 2 is 1.79 bits per heavy atom. The Labute approximate surface area is 157 Å². The molecular formula is C20H28Cl2N2. The highest BCUT2D eigenvalue weighted by Crippen LogP contribution is 2.10. The largest absolute Gasteiger partial charge is 1.00 e. The standard InChI is InChI=1S/C20H28ClN2.ClH/c1-2-3-4-5-7-14-22-16-17-23(18-22)15-8-6-9-19-10-12-20(21)13-11-19;/h6,8,10-13,16-18H,2-5,7,9,14-15H2,1H3;1H/q+1;/p-1. The average molecular weight is 367 g/mol. The number of imidazole rings is 1. The van der Waals surface area contributed by atoms with Crippen LogP contribution < -0.4 is 17.0 Å². The molecule has 0 spiro atoms. The molecule has 0 amide bonds. The van der Waals surface area contributed by atoms with Gasteiger partial charge in [-0.15, -0.1) is 0 Å². The number of rotatable bonds is 10. The van der Waals surface area contributed by atoms with Crippen molar-refractivity contribution in [2.24, 2.45) is 0 Å². The molecule has 4 heteroatoms. The van der Waals surface area contributed by atoms with Gasteiger partial charge in [0, 0.05) is 5.02 Å². The lowest BCUT2D eigenvalue weighted by molar-refractivity contribution is -0.696. The minimum atomic E-state index is 0. The maximum absolute atomic E-state index is 5.89. The summed E-state index contributed by atoms with van der Waals surface area (Å²) in [5.41, 5.74) is 1.29. The summed E-state index contributed by atoms with van der Waals surface area (Å²) in [4.78, 5) is 0. The maximum Gasteiger partial charge on any atom is 0.244 e. The molecule has 2 nitrogen and oxygen atoms in total. The summed E-state index contributed by atoms with van der Waals surface area (Å²) in [5, 5.41) is 0.796. The summed E-state index contributed by atoms with van der Waals surface area (Å²) in [6, 6.07) is 8.05. The van der Waals surface area contributed by atoms with Gasteiger partial charge < -0.3 is 12.4 Å². The first-order valence-electron chi connectivity index (χ1n) is 8.72. The minimum absolute atomic E-state index is 0. The lowest BCUT2D eigenvalue weighted by Crippen LogP contribution is -3.00. The number of halogens is 2. The van der Waals surface area contributed by atoms with Gasteiger partial charge >= 0.3 is 0 Å². The van der Waals surface area contributed by atoms with Crippen LogP contribution in [-0.2, 0) is 19.5 Å². The fourth-order valence-corrected chi connectivity index (χ4v) is 2.74. The normalized spacial score (nSPS) is 10.9. The van der Waals surface area contributed by atoms with Crippen molar-refractivity contribution >= 4 is 11.6 Å². The molecule has 2 aromatic rings. The molecule has 24 heavy (non-hydrogen) atoms. The summed E-state index contributed by atoms with van der Waals surface area (Å²) >= 11 is 5.89. The Kier molecular flexibility index (Phi) is 10.5.